The van der Waals surface area contributed by atoms with Crippen LogP contribution in [0.15, 0.2) is 24.3 Å². The first-order valence-corrected chi connectivity index (χ1v) is 9.16. The molecule has 0 aliphatic carbocycles. The predicted molar refractivity (Wildman–Crippen MR) is 97.2 cm³/mol. The van der Waals surface area contributed by atoms with E-state index in [9.17, 15) is 14.0 Å². The molecule has 0 bridgehead atoms. The topological polar surface area (TPSA) is 64.7 Å². The molecule has 2 N–H and O–H groups in total. The molecule has 6 nitrogen and oxygen atoms in total. The summed E-state index contributed by atoms with van der Waals surface area (Å²) in [7, 11) is 3.83. The van der Waals surface area contributed by atoms with Crippen LogP contribution in [0, 0.1) is 11.7 Å². The van der Waals surface area contributed by atoms with E-state index in [-0.39, 0.29) is 23.7 Å². The summed E-state index contributed by atoms with van der Waals surface area (Å²) in [5.41, 5.74) is -0.0865. The van der Waals surface area contributed by atoms with E-state index >= 15 is 0 Å². The van der Waals surface area contributed by atoms with Gasteiger partial charge in [-0.05, 0) is 63.6 Å². The second-order valence-electron chi connectivity index (χ2n) is 7.49. The van der Waals surface area contributed by atoms with Crippen molar-refractivity contribution in [3.05, 3.63) is 35.6 Å². The van der Waals surface area contributed by atoms with Crippen molar-refractivity contribution in [2.45, 2.75) is 24.8 Å². The third kappa shape index (κ3) is 3.73. The molecule has 0 unspecified atom stereocenters. The Labute approximate surface area is 153 Å². The number of rotatable bonds is 6. The molecule has 2 fully saturated rings. The highest BCUT2D eigenvalue weighted by atomic mass is 19.1. The van der Waals surface area contributed by atoms with Crippen LogP contribution in [0.25, 0.3) is 0 Å². The molecule has 3 amide bonds. The van der Waals surface area contributed by atoms with Crippen LogP contribution in [0.2, 0.25) is 0 Å². The van der Waals surface area contributed by atoms with E-state index in [2.05, 4.69) is 10.6 Å². The molecular weight excluding hydrogens is 335 g/mol. The maximum Gasteiger partial charge on any atom is 0.325 e. The lowest BCUT2D eigenvalue weighted by Gasteiger charge is -2.38. The molecule has 142 valence electrons. The van der Waals surface area contributed by atoms with Crippen molar-refractivity contribution in [2.24, 2.45) is 5.92 Å². The van der Waals surface area contributed by atoms with Gasteiger partial charge in [-0.25, -0.2) is 9.18 Å². The molecule has 2 aliphatic heterocycles. The summed E-state index contributed by atoms with van der Waals surface area (Å²) >= 11 is 0. The molecule has 2 saturated heterocycles. The number of likely N-dealkylation sites (N-methyl/N-ethyl adjacent to an activating group) is 1. The highest BCUT2D eigenvalue weighted by Crippen LogP contribution is 2.35. The second-order valence-corrected chi connectivity index (χ2v) is 7.49. The number of imide groups is 1. The number of nitrogens with one attached hydrogen (secondary N) is 2. The Kier molecular flexibility index (Phi) is 5.58. The van der Waals surface area contributed by atoms with Crippen molar-refractivity contribution in [1.29, 1.82) is 0 Å². The SMILES string of the molecule is CN(C)CCN1C(=O)N[C@@](Cc2ccc(F)cc2)(C2CCNCC2)C1=O. The normalized spacial score (nSPS) is 24.4. The van der Waals surface area contributed by atoms with Crippen molar-refractivity contribution in [3.8, 4) is 0 Å². The monoisotopic (exact) mass is 362 g/mol. The fourth-order valence-corrected chi connectivity index (χ4v) is 3.93. The summed E-state index contributed by atoms with van der Waals surface area (Å²) < 4.78 is 13.3. The van der Waals surface area contributed by atoms with Crippen LogP contribution in [-0.4, -0.2) is 67.6 Å². The van der Waals surface area contributed by atoms with Gasteiger partial charge in [0.05, 0.1) is 0 Å². The number of nitrogens with zero attached hydrogens (tertiary/aromatic N) is 2. The minimum atomic E-state index is -0.941. The van der Waals surface area contributed by atoms with E-state index in [1.165, 1.54) is 17.0 Å². The minimum Gasteiger partial charge on any atom is -0.322 e. The smallest absolute Gasteiger partial charge is 0.322 e. The van der Waals surface area contributed by atoms with Gasteiger partial charge in [0.1, 0.15) is 11.4 Å². The van der Waals surface area contributed by atoms with Crippen LogP contribution < -0.4 is 10.6 Å². The van der Waals surface area contributed by atoms with E-state index < -0.39 is 5.54 Å². The maximum atomic E-state index is 13.4. The molecule has 1 aromatic rings. The summed E-state index contributed by atoms with van der Waals surface area (Å²) in [5, 5.41) is 6.33. The number of urea groups is 1. The van der Waals surface area contributed by atoms with E-state index in [0.717, 1.165) is 31.5 Å². The third-order valence-electron chi connectivity index (χ3n) is 5.41. The Hall–Kier alpha value is -1.99. The third-order valence-corrected chi connectivity index (χ3v) is 5.41. The fraction of sp³-hybridized carbons (Fsp3) is 0.579. The van der Waals surface area contributed by atoms with Gasteiger partial charge >= 0.3 is 6.03 Å². The molecule has 0 spiro atoms. The Bertz CT molecular complexity index is 658. The highest BCUT2D eigenvalue weighted by Gasteiger charge is 2.55. The summed E-state index contributed by atoms with van der Waals surface area (Å²) in [5.74, 6) is -0.394. The van der Waals surface area contributed by atoms with E-state index in [1.54, 1.807) is 12.1 Å². The molecule has 0 aromatic heterocycles. The number of carbonyl (C=O) groups is 2. The number of hydrogen-bond acceptors (Lipinski definition) is 4. The van der Waals surface area contributed by atoms with Crippen LogP contribution in [0.1, 0.15) is 18.4 Å². The van der Waals surface area contributed by atoms with Gasteiger partial charge in [-0.15, -0.1) is 0 Å². The van der Waals surface area contributed by atoms with Crippen LogP contribution >= 0.6 is 0 Å². The second kappa shape index (κ2) is 7.72. The van der Waals surface area contributed by atoms with Gasteiger partial charge in [-0.1, -0.05) is 12.1 Å². The molecule has 2 heterocycles. The highest BCUT2D eigenvalue weighted by molar-refractivity contribution is 6.07. The number of benzene rings is 1. The zero-order chi connectivity index (χ0) is 18.7. The minimum absolute atomic E-state index is 0.0645. The molecule has 3 rings (SSSR count). The van der Waals surface area contributed by atoms with Crippen molar-refractivity contribution in [3.63, 3.8) is 0 Å². The lowest BCUT2D eigenvalue weighted by Crippen LogP contribution is -2.57. The average molecular weight is 362 g/mol. The number of hydrogen-bond donors (Lipinski definition) is 2. The molecule has 26 heavy (non-hydrogen) atoms. The average Bonchev–Trinajstić information content (AvgIpc) is 2.87. The van der Waals surface area contributed by atoms with Gasteiger partial charge in [0, 0.05) is 19.5 Å². The van der Waals surface area contributed by atoms with Gasteiger partial charge < -0.3 is 15.5 Å². The Morgan fingerprint density at radius 1 is 1.19 bits per heavy atom. The van der Waals surface area contributed by atoms with Crippen LogP contribution in [0.3, 0.4) is 0 Å². The molecular formula is C19H27FN4O2. The van der Waals surface area contributed by atoms with Gasteiger partial charge in [-0.2, -0.15) is 0 Å². The van der Waals surface area contributed by atoms with E-state index in [4.69, 9.17) is 0 Å². The summed E-state index contributed by atoms with van der Waals surface area (Å²) in [6, 6.07) is 5.87. The Morgan fingerprint density at radius 2 is 1.85 bits per heavy atom. The molecule has 7 heteroatoms. The van der Waals surface area contributed by atoms with Crippen LogP contribution in [0.4, 0.5) is 9.18 Å². The van der Waals surface area contributed by atoms with Gasteiger partial charge in [0.25, 0.3) is 5.91 Å². The lowest BCUT2D eigenvalue weighted by atomic mass is 9.74. The number of carbonyl (C=O) groups excluding carboxylic acids is 2. The first-order chi connectivity index (χ1) is 12.4. The van der Waals surface area contributed by atoms with E-state index in [1.807, 2.05) is 19.0 Å². The van der Waals surface area contributed by atoms with Gasteiger partial charge in [0.15, 0.2) is 0 Å². The maximum absolute atomic E-state index is 13.4. The summed E-state index contributed by atoms with van der Waals surface area (Å²) in [4.78, 5) is 29.2. The largest absolute Gasteiger partial charge is 0.325 e. The molecule has 1 aromatic carbocycles. The summed E-state index contributed by atoms with van der Waals surface area (Å²) in [6.07, 6.45) is 2.05. The standard InChI is InChI=1S/C19H27FN4O2/c1-23(2)11-12-24-17(25)19(22-18(24)26,15-7-9-21-10-8-15)13-14-3-5-16(20)6-4-14/h3-6,15,21H,7-13H2,1-2H3,(H,22,26)/t19-/m0/s1. The quantitative estimate of drug-likeness (QED) is 0.747. The first-order valence-electron chi connectivity index (χ1n) is 9.16. The number of halogens is 1. The van der Waals surface area contributed by atoms with Crippen molar-refractivity contribution in [1.82, 2.24) is 20.4 Å². The Morgan fingerprint density at radius 3 is 2.46 bits per heavy atom. The molecule has 0 saturated carbocycles. The van der Waals surface area contributed by atoms with Crippen molar-refractivity contribution >= 4 is 11.9 Å². The van der Waals surface area contributed by atoms with Crippen LogP contribution in [-0.2, 0) is 11.2 Å². The van der Waals surface area contributed by atoms with Crippen molar-refractivity contribution in [2.75, 3.05) is 40.3 Å². The fourth-order valence-electron chi connectivity index (χ4n) is 3.93. The molecule has 2 aliphatic rings. The van der Waals surface area contributed by atoms with Crippen molar-refractivity contribution < 1.29 is 14.0 Å². The number of piperidine rings is 1. The predicted octanol–water partition coefficient (Wildman–Crippen LogP) is 1.22. The Balaban J connectivity index is 1.89. The lowest BCUT2D eigenvalue weighted by molar-refractivity contribution is -0.133. The van der Waals surface area contributed by atoms with Gasteiger partial charge in [-0.3, -0.25) is 9.69 Å². The van der Waals surface area contributed by atoms with Gasteiger partial charge in [0.2, 0.25) is 0 Å². The zero-order valence-corrected chi connectivity index (χ0v) is 15.4. The summed E-state index contributed by atoms with van der Waals surface area (Å²) in [6.45, 7) is 2.65. The number of amides is 3. The zero-order valence-electron chi connectivity index (χ0n) is 15.4. The molecule has 1 atom stereocenters. The van der Waals surface area contributed by atoms with E-state index in [0.29, 0.717) is 19.5 Å². The van der Waals surface area contributed by atoms with Crippen LogP contribution in [0.5, 0.6) is 0 Å². The first kappa shape index (κ1) is 18.8. The molecule has 0 radical (unpaired) electrons.